The molecule has 33 heavy (non-hydrogen) atoms. The number of anilines is 2. The second-order valence-electron chi connectivity index (χ2n) is 6.77. The fourth-order valence-corrected chi connectivity index (χ4v) is 4.17. The number of carbonyl (C=O) groups excluding carboxylic acids is 3. The van der Waals surface area contributed by atoms with Crippen molar-refractivity contribution in [3.63, 3.8) is 0 Å². The van der Waals surface area contributed by atoms with E-state index in [0.29, 0.717) is 16.3 Å². The number of carbonyl (C=O) groups is 3. The maximum Gasteiger partial charge on any atom is 0.340 e. The van der Waals surface area contributed by atoms with Crippen LogP contribution in [0.1, 0.15) is 25.6 Å². The number of hydrogen-bond acceptors (Lipinski definition) is 7. The van der Waals surface area contributed by atoms with E-state index in [1.807, 2.05) is 19.1 Å². The smallest absolute Gasteiger partial charge is 0.340 e. The molecule has 8 nitrogen and oxygen atoms in total. The molecule has 0 aliphatic rings. The average Bonchev–Trinajstić information content (AvgIpc) is 3.34. The third-order valence-electron chi connectivity index (χ3n) is 4.53. The van der Waals surface area contributed by atoms with Gasteiger partial charge in [-0.1, -0.05) is 6.07 Å². The molecule has 172 valence electrons. The standard InChI is InChI=1S/C23H21IN2O6S/c1-13-9-14(24)6-7-16(13)25-21(27)12-32-23(29)15-10-18(30-2)19(31-3)11-17(15)26-22(28)20-5-4-8-33-20/h4-11H,12H2,1-3H3,(H,25,27)(H,26,28). The zero-order chi connectivity index (χ0) is 24.0. The van der Waals surface area contributed by atoms with Crippen LogP contribution in [0.3, 0.4) is 0 Å². The van der Waals surface area contributed by atoms with Crippen molar-refractivity contribution in [1.29, 1.82) is 0 Å². The van der Waals surface area contributed by atoms with Crippen LogP contribution in [0, 0.1) is 10.5 Å². The number of hydrogen-bond donors (Lipinski definition) is 2. The topological polar surface area (TPSA) is 103 Å². The molecule has 2 N–H and O–H groups in total. The summed E-state index contributed by atoms with van der Waals surface area (Å²) in [7, 11) is 2.87. The molecule has 0 fully saturated rings. The minimum atomic E-state index is -0.799. The SMILES string of the molecule is COc1cc(NC(=O)c2cccs2)c(C(=O)OCC(=O)Nc2ccc(I)cc2C)cc1OC. The van der Waals surface area contributed by atoms with Crippen LogP contribution in [0.15, 0.2) is 47.8 Å². The highest BCUT2D eigenvalue weighted by Gasteiger charge is 2.21. The average molecular weight is 580 g/mol. The zero-order valence-corrected chi connectivity index (χ0v) is 21.0. The van der Waals surface area contributed by atoms with Crippen molar-refractivity contribution < 1.29 is 28.6 Å². The molecule has 0 saturated heterocycles. The lowest BCUT2D eigenvalue weighted by Gasteiger charge is -2.15. The molecule has 3 rings (SSSR count). The number of ether oxygens (including phenoxy) is 3. The second kappa shape index (κ2) is 11.1. The number of esters is 1. The lowest BCUT2D eigenvalue weighted by molar-refractivity contribution is -0.119. The zero-order valence-electron chi connectivity index (χ0n) is 18.1. The molecule has 2 aromatic carbocycles. The highest BCUT2D eigenvalue weighted by atomic mass is 127. The van der Waals surface area contributed by atoms with Crippen molar-refractivity contribution in [1.82, 2.24) is 0 Å². The second-order valence-corrected chi connectivity index (χ2v) is 8.96. The maximum atomic E-state index is 12.8. The van der Waals surface area contributed by atoms with Gasteiger partial charge in [-0.25, -0.2) is 4.79 Å². The lowest BCUT2D eigenvalue weighted by Crippen LogP contribution is -2.22. The number of rotatable bonds is 8. The van der Waals surface area contributed by atoms with Crippen molar-refractivity contribution in [3.05, 3.63) is 67.4 Å². The van der Waals surface area contributed by atoms with Gasteiger partial charge in [-0.3, -0.25) is 9.59 Å². The Labute approximate surface area is 208 Å². The Morgan fingerprint density at radius 3 is 2.33 bits per heavy atom. The Bertz CT molecular complexity index is 1180. The fourth-order valence-electron chi connectivity index (χ4n) is 2.91. The summed E-state index contributed by atoms with van der Waals surface area (Å²) in [5, 5.41) is 7.18. The normalized spacial score (nSPS) is 10.3. The van der Waals surface area contributed by atoms with E-state index in [0.717, 1.165) is 9.13 Å². The van der Waals surface area contributed by atoms with Crippen LogP contribution >= 0.6 is 33.9 Å². The first-order valence-electron chi connectivity index (χ1n) is 9.66. The van der Waals surface area contributed by atoms with Crippen LogP contribution in [0.2, 0.25) is 0 Å². The van der Waals surface area contributed by atoms with Crippen LogP contribution in [0.5, 0.6) is 11.5 Å². The first-order valence-corrected chi connectivity index (χ1v) is 11.6. The molecule has 0 radical (unpaired) electrons. The highest BCUT2D eigenvalue weighted by molar-refractivity contribution is 14.1. The summed E-state index contributed by atoms with van der Waals surface area (Å²) in [4.78, 5) is 38.2. The summed E-state index contributed by atoms with van der Waals surface area (Å²) in [5.41, 5.74) is 1.72. The molecule has 0 saturated carbocycles. The Kier molecular flexibility index (Phi) is 8.28. The van der Waals surface area contributed by atoms with Gasteiger partial charge in [0.2, 0.25) is 0 Å². The van der Waals surface area contributed by atoms with E-state index in [-0.39, 0.29) is 17.0 Å². The van der Waals surface area contributed by atoms with Crippen LogP contribution in [-0.4, -0.2) is 38.6 Å². The maximum absolute atomic E-state index is 12.8. The van der Waals surface area contributed by atoms with Gasteiger partial charge >= 0.3 is 5.97 Å². The number of amides is 2. The predicted octanol–water partition coefficient (Wildman–Crippen LogP) is 4.73. The molecular formula is C23H21IN2O6S. The Balaban J connectivity index is 1.77. The molecule has 0 aliphatic heterocycles. The van der Waals surface area contributed by atoms with E-state index < -0.39 is 24.4 Å². The third kappa shape index (κ3) is 6.23. The monoisotopic (exact) mass is 580 g/mol. The minimum absolute atomic E-state index is 0.0239. The van der Waals surface area contributed by atoms with E-state index >= 15 is 0 Å². The number of thiophene rings is 1. The van der Waals surface area contributed by atoms with Gasteiger partial charge in [-0.2, -0.15) is 0 Å². The molecule has 0 bridgehead atoms. The van der Waals surface area contributed by atoms with Crippen molar-refractivity contribution in [2.45, 2.75) is 6.92 Å². The molecule has 0 aliphatic carbocycles. The number of methoxy groups -OCH3 is 2. The van der Waals surface area contributed by atoms with Crippen LogP contribution < -0.4 is 20.1 Å². The third-order valence-corrected chi connectivity index (χ3v) is 6.07. The Morgan fingerprint density at radius 1 is 0.970 bits per heavy atom. The van der Waals surface area contributed by atoms with Gasteiger partial charge in [-0.05, 0) is 64.7 Å². The molecule has 2 amide bonds. The van der Waals surface area contributed by atoms with Crippen molar-refractivity contribution in [2.24, 2.45) is 0 Å². The van der Waals surface area contributed by atoms with Crippen molar-refractivity contribution in [2.75, 3.05) is 31.5 Å². The van der Waals surface area contributed by atoms with E-state index in [1.54, 1.807) is 23.6 Å². The lowest BCUT2D eigenvalue weighted by atomic mass is 10.1. The molecule has 0 unspecified atom stereocenters. The summed E-state index contributed by atoms with van der Waals surface area (Å²) >= 11 is 3.44. The van der Waals surface area contributed by atoms with E-state index in [2.05, 4.69) is 33.2 Å². The number of halogens is 1. The van der Waals surface area contributed by atoms with Crippen LogP contribution in [0.4, 0.5) is 11.4 Å². The summed E-state index contributed by atoms with van der Waals surface area (Å²) in [6.45, 7) is 1.37. The largest absolute Gasteiger partial charge is 0.493 e. The Morgan fingerprint density at radius 2 is 1.70 bits per heavy atom. The molecule has 0 spiro atoms. The van der Waals surface area contributed by atoms with Crippen LogP contribution in [-0.2, 0) is 9.53 Å². The summed E-state index contributed by atoms with van der Waals surface area (Å²) in [6.07, 6.45) is 0. The van der Waals surface area contributed by atoms with Gasteiger partial charge in [0.25, 0.3) is 11.8 Å². The quantitative estimate of drug-likeness (QED) is 0.295. The molecule has 1 aromatic heterocycles. The summed E-state index contributed by atoms with van der Waals surface area (Å²) in [6, 6.07) is 11.8. The summed E-state index contributed by atoms with van der Waals surface area (Å²) < 4.78 is 16.8. The summed E-state index contributed by atoms with van der Waals surface area (Å²) in [5.74, 6) is -1.08. The van der Waals surface area contributed by atoms with Crippen molar-refractivity contribution in [3.8, 4) is 11.5 Å². The van der Waals surface area contributed by atoms with Gasteiger partial charge in [0.05, 0.1) is 30.3 Å². The Hall–Kier alpha value is -3.12. The predicted molar refractivity (Wildman–Crippen MR) is 135 cm³/mol. The van der Waals surface area contributed by atoms with Gasteiger partial charge in [0, 0.05) is 21.4 Å². The van der Waals surface area contributed by atoms with E-state index in [1.165, 1.54) is 37.7 Å². The van der Waals surface area contributed by atoms with Gasteiger partial charge in [-0.15, -0.1) is 11.3 Å². The van der Waals surface area contributed by atoms with Gasteiger partial charge in [0.15, 0.2) is 18.1 Å². The number of aryl methyl sites for hydroxylation is 1. The first-order chi connectivity index (χ1) is 15.8. The fraction of sp³-hybridized carbons (Fsp3) is 0.174. The minimum Gasteiger partial charge on any atom is -0.493 e. The van der Waals surface area contributed by atoms with Crippen LogP contribution in [0.25, 0.3) is 0 Å². The highest BCUT2D eigenvalue weighted by Crippen LogP contribution is 2.34. The molecule has 0 atom stereocenters. The molecule has 3 aromatic rings. The number of nitrogens with one attached hydrogen (secondary N) is 2. The first kappa shape index (κ1) is 24.5. The number of benzene rings is 2. The molecular weight excluding hydrogens is 559 g/mol. The van der Waals surface area contributed by atoms with Crippen molar-refractivity contribution >= 4 is 63.1 Å². The van der Waals surface area contributed by atoms with Gasteiger partial charge < -0.3 is 24.8 Å². The van der Waals surface area contributed by atoms with E-state index in [9.17, 15) is 14.4 Å². The molecule has 1 heterocycles. The van der Waals surface area contributed by atoms with Gasteiger partial charge in [0.1, 0.15) is 0 Å². The van der Waals surface area contributed by atoms with E-state index in [4.69, 9.17) is 14.2 Å². The molecule has 10 heteroatoms.